The van der Waals surface area contributed by atoms with E-state index in [2.05, 4.69) is 9.88 Å². The summed E-state index contributed by atoms with van der Waals surface area (Å²) < 4.78 is 0. The first-order valence-corrected chi connectivity index (χ1v) is 8.51. The number of piperidine rings is 1. The zero-order valence-corrected chi connectivity index (χ0v) is 13.6. The summed E-state index contributed by atoms with van der Waals surface area (Å²) in [6, 6.07) is 8.20. The second-order valence-electron chi connectivity index (χ2n) is 6.86. The van der Waals surface area contributed by atoms with Gasteiger partial charge >= 0.3 is 0 Å². The molecule has 2 amide bonds. The fourth-order valence-electron chi connectivity index (χ4n) is 3.76. The van der Waals surface area contributed by atoms with Crippen molar-refractivity contribution in [2.45, 2.75) is 18.9 Å². The first-order chi connectivity index (χ1) is 11.6. The van der Waals surface area contributed by atoms with Crippen molar-refractivity contribution >= 4 is 22.7 Å². The Morgan fingerprint density at radius 1 is 1.12 bits per heavy atom. The molecule has 2 aliphatic heterocycles. The van der Waals surface area contributed by atoms with E-state index < -0.39 is 0 Å². The Bertz CT molecular complexity index is 770. The van der Waals surface area contributed by atoms with Crippen LogP contribution in [-0.4, -0.2) is 58.8 Å². The fourth-order valence-corrected chi connectivity index (χ4v) is 3.76. The summed E-state index contributed by atoms with van der Waals surface area (Å²) in [6.07, 6.45) is 3.56. The van der Waals surface area contributed by atoms with Gasteiger partial charge in [-0.25, -0.2) is 0 Å². The Labute approximate surface area is 140 Å². The number of carbonyl (C=O) groups is 2. The molecule has 6 heteroatoms. The number of carbonyl (C=O) groups excluding carboxylic acids is 2. The molecule has 2 saturated heterocycles. The average molecular weight is 326 g/mol. The number of amides is 2. The lowest BCUT2D eigenvalue weighted by Gasteiger charge is -2.47. The summed E-state index contributed by atoms with van der Waals surface area (Å²) in [5.41, 5.74) is 7.10. The van der Waals surface area contributed by atoms with Crippen LogP contribution in [0.4, 0.5) is 0 Å². The van der Waals surface area contributed by atoms with Crippen LogP contribution >= 0.6 is 0 Å². The summed E-state index contributed by atoms with van der Waals surface area (Å²) in [5, 5.41) is 1.12. The minimum Gasteiger partial charge on any atom is -0.369 e. The van der Waals surface area contributed by atoms with Crippen LogP contribution in [0, 0.1) is 5.92 Å². The highest BCUT2D eigenvalue weighted by Gasteiger charge is 2.37. The van der Waals surface area contributed by atoms with E-state index in [1.165, 1.54) is 0 Å². The van der Waals surface area contributed by atoms with Crippen LogP contribution < -0.4 is 5.73 Å². The van der Waals surface area contributed by atoms with E-state index in [9.17, 15) is 9.59 Å². The van der Waals surface area contributed by atoms with E-state index in [-0.39, 0.29) is 17.7 Å². The molecule has 126 valence electrons. The molecule has 0 atom stereocenters. The predicted octanol–water partition coefficient (Wildman–Crippen LogP) is 1.19. The molecule has 2 aliphatic rings. The monoisotopic (exact) mass is 326 g/mol. The fraction of sp³-hybridized carbons (Fsp3) is 0.444. The molecule has 0 unspecified atom stereocenters. The summed E-state index contributed by atoms with van der Waals surface area (Å²) in [7, 11) is 0. The van der Waals surface area contributed by atoms with Crippen LogP contribution in [0.3, 0.4) is 0 Å². The molecule has 0 spiro atoms. The van der Waals surface area contributed by atoms with Crippen LogP contribution in [0.2, 0.25) is 0 Å². The summed E-state index contributed by atoms with van der Waals surface area (Å²) in [6.45, 7) is 3.33. The van der Waals surface area contributed by atoms with E-state index in [1.807, 2.05) is 35.4 Å². The number of H-pyrrole nitrogens is 1. The number of nitrogens with one attached hydrogen (secondary N) is 1. The van der Waals surface area contributed by atoms with Gasteiger partial charge in [-0.05, 0) is 49.5 Å². The van der Waals surface area contributed by atoms with E-state index in [0.29, 0.717) is 6.04 Å². The number of hydrogen-bond acceptors (Lipinski definition) is 3. The van der Waals surface area contributed by atoms with Crippen molar-refractivity contribution in [1.82, 2.24) is 14.8 Å². The number of hydrogen-bond donors (Lipinski definition) is 2. The molecule has 6 nitrogen and oxygen atoms in total. The number of benzene rings is 1. The number of fused-ring (bicyclic) bond motifs is 1. The van der Waals surface area contributed by atoms with Crippen LogP contribution in [0.1, 0.15) is 23.2 Å². The number of likely N-dealkylation sites (tertiary alicyclic amines) is 2. The largest absolute Gasteiger partial charge is 0.369 e. The molecule has 2 aromatic rings. The topological polar surface area (TPSA) is 82.4 Å². The van der Waals surface area contributed by atoms with E-state index in [4.69, 9.17) is 5.73 Å². The lowest BCUT2D eigenvalue weighted by Crippen LogP contribution is -2.62. The molecule has 1 aromatic carbocycles. The summed E-state index contributed by atoms with van der Waals surface area (Å²) >= 11 is 0. The van der Waals surface area contributed by atoms with Crippen LogP contribution in [-0.2, 0) is 4.79 Å². The predicted molar refractivity (Wildman–Crippen MR) is 91.5 cm³/mol. The molecule has 0 saturated carbocycles. The van der Waals surface area contributed by atoms with Crippen LogP contribution in [0.15, 0.2) is 30.5 Å². The third-order valence-corrected chi connectivity index (χ3v) is 5.40. The molecule has 0 radical (unpaired) electrons. The lowest BCUT2D eigenvalue weighted by atomic mass is 9.93. The van der Waals surface area contributed by atoms with Gasteiger partial charge in [0.2, 0.25) is 5.91 Å². The summed E-state index contributed by atoms with van der Waals surface area (Å²) in [4.78, 5) is 31.3. The van der Waals surface area contributed by atoms with Crippen LogP contribution in [0.25, 0.3) is 10.9 Å². The van der Waals surface area contributed by atoms with Gasteiger partial charge < -0.3 is 15.6 Å². The van der Waals surface area contributed by atoms with Crippen molar-refractivity contribution in [2.75, 3.05) is 26.2 Å². The standard InChI is InChI=1S/C18H22N4O2/c19-17(23)13-4-7-21(8-5-13)15-10-22(11-15)18(24)14-2-1-12-3-6-20-16(12)9-14/h1-3,6,9,13,15,20H,4-5,7-8,10-11H2,(H2,19,23). The smallest absolute Gasteiger partial charge is 0.254 e. The third-order valence-electron chi connectivity index (χ3n) is 5.40. The average Bonchev–Trinajstić information content (AvgIpc) is 3.01. The number of nitrogens with zero attached hydrogens (tertiary/aromatic N) is 2. The summed E-state index contributed by atoms with van der Waals surface area (Å²) in [5.74, 6) is -0.0684. The zero-order valence-electron chi connectivity index (χ0n) is 13.6. The van der Waals surface area contributed by atoms with E-state index in [1.54, 1.807) is 0 Å². The Morgan fingerprint density at radius 3 is 2.58 bits per heavy atom. The van der Waals surface area contributed by atoms with Gasteiger partial charge in [-0.3, -0.25) is 14.5 Å². The number of aromatic amines is 1. The Hall–Kier alpha value is -2.34. The molecular formula is C18H22N4O2. The minimum atomic E-state index is -0.181. The minimum absolute atomic E-state index is 0.0200. The molecule has 0 aliphatic carbocycles. The van der Waals surface area contributed by atoms with Crippen molar-refractivity contribution < 1.29 is 9.59 Å². The van der Waals surface area contributed by atoms with E-state index in [0.717, 1.165) is 55.5 Å². The molecule has 3 heterocycles. The van der Waals surface area contributed by atoms with Crippen LogP contribution in [0.5, 0.6) is 0 Å². The zero-order chi connectivity index (χ0) is 16.7. The van der Waals surface area contributed by atoms with E-state index >= 15 is 0 Å². The maximum atomic E-state index is 12.6. The van der Waals surface area contributed by atoms with Crippen molar-refractivity contribution in [3.63, 3.8) is 0 Å². The lowest BCUT2D eigenvalue weighted by molar-refractivity contribution is -0.123. The Morgan fingerprint density at radius 2 is 1.88 bits per heavy atom. The molecule has 4 rings (SSSR count). The van der Waals surface area contributed by atoms with Crippen molar-refractivity contribution in [2.24, 2.45) is 11.7 Å². The Balaban J connectivity index is 1.34. The SMILES string of the molecule is NC(=O)C1CCN(C2CN(C(=O)c3ccc4cc[nH]c4c3)C2)CC1. The van der Waals surface area contributed by atoms with Gasteiger partial charge in [0.25, 0.3) is 5.91 Å². The maximum Gasteiger partial charge on any atom is 0.254 e. The third kappa shape index (κ3) is 2.67. The second-order valence-corrected chi connectivity index (χ2v) is 6.86. The number of nitrogens with two attached hydrogens (primary N) is 1. The van der Waals surface area contributed by atoms with Gasteiger partial charge in [0, 0.05) is 42.3 Å². The quantitative estimate of drug-likeness (QED) is 0.889. The number of primary amides is 1. The molecule has 24 heavy (non-hydrogen) atoms. The van der Waals surface area contributed by atoms with Crippen molar-refractivity contribution in [1.29, 1.82) is 0 Å². The first-order valence-electron chi connectivity index (χ1n) is 8.51. The highest BCUT2D eigenvalue weighted by molar-refractivity contribution is 5.98. The highest BCUT2D eigenvalue weighted by atomic mass is 16.2. The van der Waals surface area contributed by atoms with Gasteiger partial charge in [-0.15, -0.1) is 0 Å². The normalized spacial score (nSPS) is 20.2. The van der Waals surface area contributed by atoms with Crippen molar-refractivity contribution in [3.8, 4) is 0 Å². The molecule has 2 fully saturated rings. The molecule has 3 N–H and O–H groups in total. The number of aromatic nitrogens is 1. The highest BCUT2D eigenvalue weighted by Crippen LogP contribution is 2.25. The van der Waals surface area contributed by atoms with Gasteiger partial charge in [0.1, 0.15) is 0 Å². The Kier molecular flexibility index (Phi) is 3.76. The van der Waals surface area contributed by atoms with Crippen molar-refractivity contribution in [3.05, 3.63) is 36.0 Å². The van der Waals surface area contributed by atoms with Gasteiger partial charge in [-0.2, -0.15) is 0 Å². The molecular weight excluding hydrogens is 304 g/mol. The first kappa shape index (κ1) is 15.2. The van der Waals surface area contributed by atoms with Gasteiger partial charge in [0.15, 0.2) is 0 Å². The van der Waals surface area contributed by atoms with Gasteiger partial charge in [0.05, 0.1) is 0 Å². The molecule has 1 aromatic heterocycles. The van der Waals surface area contributed by atoms with Gasteiger partial charge in [-0.1, -0.05) is 6.07 Å². The molecule has 0 bridgehead atoms. The number of rotatable bonds is 3. The second kappa shape index (κ2) is 5.94. The maximum absolute atomic E-state index is 12.6.